The molecule has 1 N–H and O–H groups in total. The number of ether oxygens (including phenoxy) is 2. The molecule has 0 radical (unpaired) electrons. The van der Waals surface area contributed by atoms with Gasteiger partial charge >= 0.3 is 5.97 Å². The van der Waals surface area contributed by atoms with Gasteiger partial charge in [-0.3, -0.25) is 0 Å². The van der Waals surface area contributed by atoms with Gasteiger partial charge in [0.1, 0.15) is 0 Å². The Labute approximate surface area is 79.2 Å². The topological polar surface area (TPSA) is 55.8 Å². The summed E-state index contributed by atoms with van der Waals surface area (Å²) >= 11 is 0. The molecule has 0 saturated carbocycles. The second kappa shape index (κ2) is 11.1. The van der Waals surface area contributed by atoms with Gasteiger partial charge in [0.25, 0.3) is 0 Å². The van der Waals surface area contributed by atoms with Gasteiger partial charge in [-0.25, -0.2) is 4.79 Å². The van der Waals surface area contributed by atoms with Crippen molar-refractivity contribution >= 4 is 5.97 Å². The smallest absolute Gasteiger partial charge is 0.327 e. The Morgan fingerprint density at radius 3 is 1.92 bits per heavy atom. The summed E-state index contributed by atoms with van der Waals surface area (Å²) in [4.78, 5) is 9.25. The van der Waals surface area contributed by atoms with Crippen molar-refractivity contribution in [3.8, 4) is 0 Å². The fraction of sp³-hybridized carbons (Fsp3) is 0.667. The van der Waals surface area contributed by atoms with Crippen molar-refractivity contribution in [1.82, 2.24) is 0 Å². The molecule has 13 heavy (non-hydrogen) atoms. The number of carboxylic acids is 1. The van der Waals surface area contributed by atoms with Gasteiger partial charge < -0.3 is 14.6 Å². The van der Waals surface area contributed by atoms with E-state index in [1.54, 1.807) is 0 Å². The minimum atomic E-state index is -0.981. The van der Waals surface area contributed by atoms with Crippen LogP contribution in [0, 0.1) is 0 Å². The van der Waals surface area contributed by atoms with E-state index in [2.05, 4.69) is 6.58 Å². The lowest BCUT2D eigenvalue weighted by molar-refractivity contribution is -0.131. The van der Waals surface area contributed by atoms with E-state index in [-0.39, 0.29) is 6.29 Å². The summed E-state index contributed by atoms with van der Waals surface area (Å²) in [6.45, 7) is 10.2. The van der Waals surface area contributed by atoms with Gasteiger partial charge in [-0.05, 0) is 20.8 Å². The highest BCUT2D eigenvalue weighted by molar-refractivity contribution is 5.78. The predicted octanol–water partition coefficient (Wildman–Crippen LogP) is 1.66. The molecule has 0 aromatic rings. The van der Waals surface area contributed by atoms with Gasteiger partial charge in [0, 0.05) is 19.3 Å². The number of rotatable bonds is 5. The van der Waals surface area contributed by atoms with E-state index in [9.17, 15) is 4.79 Å². The molecular weight excluding hydrogens is 172 g/mol. The van der Waals surface area contributed by atoms with Crippen molar-refractivity contribution in [2.75, 3.05) is 13.2 Å². The van der Waals surface area contributed by atoms with Crippen LogP contribution in [0.3, 0.4) is 0 Å². The quantitative estimate of drug-likeness (QED) is 0.529. The second-order valence-electron chi connectivity index (χ2n) is 2.02. The fourth-order valence-electron chi connectivity index (χ4n) is 0.518. The number of aliphatic carboxylic acids is 1. The molecule has 0 heterocycles. The third-order valence-corrected chi connectivity index (χ3v) is 0.977. The van der Waals surface area contributed by atoms with Crippen molar-refractivity contribution < 1.29 is 19.4 Å². The van der Waals surface area contributed by atoms with E-state index in [4.69, 9.17) is 14.6 Å². The van der Waals surface area contributed by atoms with Gasteiger partial charge in [0.05, 0.1) is 0 Å². The molecule has 0 bridgehead atoms. The zero-order valence-electron chi connectivity index (χ0n) is 8.45. The molecule has 0 amide bonds. The Morgan fingerprint density at radius 1 is 1.46 bits per heavy atom. The van der Waals surface area contributed by atoms with Gasteiger partial charge in [-0.15, -0.1) is 0 Å². The maximum Gasteiger partial charge on any atom is 0.327 e. The highest BCUT2D eigenvalue weighted by Gasteiger charge is 1.94. The summed E-state index contributed by atoms with van der Waals surface area (Å²) in [6.07, 6.45) is 0.796. The maximum atomic E-state index is 9.25. The SMILES string of the molecule is C=CC(=O)O.CCOC(C)OCC. The molecule has 78 valence electrons. The maximum absolute atomic E-state index is 9.25. The summed E-state index contributed by atoms with van der Waals surface area (Å²) in [5.74, 6) is -0.981. The second-order valence-corrected chi connectivity index (χ2v) is 2.02. The van der Waals surface area contributed by atoms with Crippen LogP contribution in [0.15, 0.2) is 12.7 Å². The lowest BCUT2D eigenvalue weighted by Gasteiger charge is -2.09. The normalized spacial score (nSPS) is 8.92. The van der Waals surface area contributed by atoms with Crippen LogP contribution in [0.25, 0.3) is 0 Å². The van der Waals surface area contributed by atoms with Gasteiger partial charge in [0.15, 0.2) is 6.29 Å². The minimum Gasteiger partial charge on any atom is -0.478 e. The molecule has 0 aromatic heterocycles. The first kappa shape index (κ1) is 14.6. The van der Waals surface area contributed by atoms with Gasteiger partial charge in [-0.1, -0.05) is 6.58 Å². The summed E-state index contributed by atoms with van der Waals surface area (Å²) < 4.78 is 10.1. The van der Waals surface area contributed by atoms with E-state index in [1.165, 1.54) is 0 Å². The first-order valence-corrected chi connectivity index (χ1v) is 4.16. The number of hydrogen-bond donors (Lipinski definition) is 1. The zero-order valence-corrected chi connectivity index (χ0v) is 8.45. The van der Waals surface area contributed by atoms with E-state index in [0.717, 1.165) is 19.3 Å². The molecule has 0 aliphatic heterocycles. The third-order valence-electron chi connectivity index (χ3n) is 0.977. The molecule has 0 rings (SSSR count). The number of hydrogen-bond acceptors (Lipinski definition) is 3. The molecule has 0 unspecified atom stereocenters. The Kier molecular flexibility index (Phi) is 12.5. The largest absolute Gasteiger partial charge is 0.478 e. The van der Waals surface area contributed by atoms with Gasteiger partial charge in [0.2, 0.25) is 0 Å². The summed E-state index contributed by atoms with van der Waals surface area (Å²) in [5, 5.41) is 7.60. The monoisotopic (exact) mass is 190 g/mol. The Balaban J connectivity index is 0. The molecule has 4 heteroatoms. The third kappa shape index (κ3) is 18.2. The standard InChI is InChI=1S/C6H14O2.C3H4O2/c1-4-7-6(3)8-5-2;1-2-3(4)5/h6H,4-5H2,1-3H3;2H,1H2,(H,4,5). The number of carbonyl (C=O) groups is 1. The van der Waals surface area contributed by atoms with Crippen molar-refractivity contribution in [3.63, 3.8) is 0 Å². The average Bonchev–Trinajstić information content (AvgIpc) is 2.06. The van der Waals surface area contributed by atoms with Crippen LogP contribution >= 0.6 is 0 Å². The Hall–Kier alpha value is -0.870. The van der Waals surface area contributed by atoms with Crippen LogP contribution in [0.2, 0.25) is 0 Å². The highest BCUT2D eigenvalue weighted by Crippen LogP contribution is 1.90. The molecule has 0 saturated heterocycles. The minimum absolute atomic E-state index is 0.0370. The van der Waals surface area contributed by atoms with Crippen LogP contribution in [0.1, 0.15) is 20.8 Å². The van der Waals surface area contributed by atoms with E-state index >= 15 is 0 Å². The molecule has 0 aliphatic rings. The molecule has 0 aromatic carbocycles. The molecule has 0 atom stereocenters. The molecular formula is C9H18O4. The molecule has 0 fully saturated rings. The van der Waals surface area contributed by atoms with E-state index in [1.807, 2.05) is 20.8 Å². The van der Waals surface area contributed by atoms with E-state index < -0.39 is 5.97 Å². The first-order chi connectivity index (χ1) is 6.08. The average molecular weight is 190 g/mol. The van der Waals surface area contributed by atoms with Crippen molar-refractivity contribution in [2.45, 2.75) is 27.1 Å². The summed E-state index contributed by atoms with van der Waals surface area (Å²) in [7, 11) is 0. The molecule has 0 aliphatic carbocycles. The van der Waals surface area contributed by atoms with Crippen LogP contribution in [-0.2, 0) is 14.3 Å². The van der Waals surface area contributed by atoms with Crippen LogP contribution < -0.4 is 0 Å². The Morgan fingerprint density at radius 2 is 1.77 bits per heavy atom. The molecule has 0 spiro atoms. The predicted molar refractivity (Wildman–Crippen MR) is 50.5 cm³/mol. The Bertz CT molecular complexity index is 128. The van der Waals surface area contributed by atoms with Crippen molar-refractivity contribution in [2.24, 2.45) is 0 Å². The zero-order chi connectivity index (χ0) is 10.7. The van der Waals surface area contributed by atoms with Crippen LogP contribution in [0.5, 0.6) is 0 Å². The fourth-order valence-corrected chi connectivity index (χ4v) is 0.518. The lowest BCUT2D eigenvalue weighted by atomic mass is 10.7. The molecule has 4 nitrogen and oxygen atoms in total. The first-order valence-electron chi connectivity index (χ1n) is 4.16. The summed E-state index contributed by atoms with van der Waals surface area (Å²) in [6, 6.07) is 0. The lowest BCUT2D eigenvalue weighted by Crippen LogP contribution is -2.11. The summed E-state index contributed by atoms with van der Waals surface area (Å²) in [5.41, 5.74) is 0. The highest BCUT2D eigenvalue weighted by atomic mass is 16.7. The van der Waals surface area contributed by atoms with Crippen LogP contribution in [-0.4, -0.2) is 30.6 Å². The van der Waals surface area contributed by atoms with E-state index in [0.29, 0.717) is 0 Å². The van der Waals surface area contributed by atoms with Crippen LogP contribution in [0.4, 0.5) is 0 Å². The van der Waals surface area contributed by atoms with Crippen molar-refractivity contribution in [1.29, 1.82) is 0 Å². The van der Waals surface area contributed by atoms with Crippen molar-refractivity contribution in [3.05, 3.63) is 12.7 Å². The number of carboxylic acid groups (broad SMARTS) is 1. The van der Waals surface area contributed by atoms with Gasteiger partial charge in [-0.2, -0.15) is 0 Å².